The van der Waals surface area contributed by atoms with Crippen molar-refractivity contribution in [1.82, 2.24) is 0 Å². The molecule has 0 amide bonds. The first kappa shape index (κ1) is 10.2. The van der Waals surface area contributed by atoms with Crippen molar-refractivity contribution in [2.24, 2.45) is 5.92 Å². The molecular formula is C8H10O4S. The average Bonchev–Trinajstić information content (AvgIpc) is 2.11. The van der Waals surface area contributed by atoms with Crippen LogP contribution in [0.3, 0.4) is 0 Å². The lowest BCUT2D eigenvalue weighted by Gasteiger charge is -2.21. The van der Waals surface area contributed by atoms with Gasteiger partial charge in [0.2, 0.25) is 0 Å². The molecule has 0 aromatic carbocycles. The van der Waals surface area contributed by atoms with Gasteiger partial charge in [0.05, 0.1) is 18.8 Å². The van der Waals surface area contributed by atoms with Gasteiger partial charge in [-0.25, -0.2) is 0 Å². The molecule has 1 fully saturated rings. The zero-order valence-electron chi connectivity index (χ0n) is 7.24. The summed E-state index contributed by atoms with van der Waals surface area (Å²) in [6.45, 7) is 0. The molecule has 13 heavy (non-hydrogen) atoms. The molecule has 72 valence electrons. The van der Waals surface area contributed by atoms with Crippen LogP contribution in [0.5, 0.6) is 0 Å². The zero-order valence-corrected chi connectivity index (χ0v) is 8.06. The summed E-state index contributed by atoms with van der Waals surface area (Å²) in [5.41, 5.74) is 0. The normalized spacial score (nSPS) is 20.7. The Kier molecular flexibility index (Phi) is 3.48. The van der Waals surface area contributed by atoms with Gasteiger partial charge in [-0.1, -0.05) is 11.8 Å². The third-order valence-electron chi connectivity index (χ3n) is 1.91. The van der Waals surface area contributed by atoms with Crippen molar-refractivity contribution in [1.29, 1.82) is 0 Å². The number of ether oxygens (including phenoxy) is 1. The van der Waals surface area contributed by atoms with E-state index in [2.05, 4.69) is 4.74 Å². The Balaban J connectivity index is 2.25. The van der Waals surface area contributed by atoms with Gasteiger partial charge in [0.1, 0.15) is 5.78 Å². The summed E-state index contributed by atoms with van der Waals surface area (Å²) in [4.78, 5) is 32.7. The summed E-state index contributed by atoms with van der Waals surface area (Å²) in [5, 5.41) is -0.207. The van der Waals surface area contributed by atoms with Gasteiger partial charge in [0.25, 0.3) is 0 Å². The van der Waals surface area contributed by atoms with Crippen molar-refractivity contribution < 1.29 is 19.1 Å². The van der Waals surface area contributed by atoms with Crippen LogP contribution in [0, 0.1) is 5.92 Å². The van der Waals surface area contributed by atoms with E-state index in [0.29, 0.717) is 12.8 Å². The smallest absolute Gasteiger partial charge is 0.316 e. The standard InChI is InChI=1S/C8H10O4S/c1-12-7(10)4-13-8(11)5-2-3-6(5)9/h5H,2-4H2,1H3. The van der Waals surface area contributed by atoms with Crippen molar-refractivity contribution in [2.45, 2.75) is 12.8 Å². The number of carbonyl (C=O) groups excluding carboxylic acids is 3. The van der Waals surface area contributed by atoms with E-state index in [4.69, 9.17) is 0 Å². The number of hydrogen-bond acceptors (Lipinski definition) is 5. The van der Waals surface area contributed by atoms with Crippen LogP contribution in [0.25, 0.3) is 0 Å². The van der Waals surface area contributed by atoms with Crippen LogP contribution in [0.2, 0.25) is 0 Å². The monoisotopic (exact) mass is 202 g/mol. The molecule has 1 rings (SSSR count). The highest BCUT2D eigenvalue weighted by Gasteiger charge is 2.34. The topological polar surface area (TPSA) is 60.4 Å². The number of carbonyl (C=O) groups is 3. The summed E-state index contributed by atoms with van der Waals surface area (Å²) in [7, 11) is 1.27. The maximum Gasteiger partial charge on any atom is 0.316 e. The minimum absolute atomic E-state index is 0.000880. The molecular weight excluding hydrogens is 192 g/mol. The van der Waals surface area contributed by atoms with E-state index >= 15 is 0 Å². The van der Waals surface area contributed by atoms with E-state index < -0.39 is 11.9 Å². The third kappa shape index (κ3) is 2.55. The Morgan fingerprint density at radius 1 is 1.62 bits per heavy atom. The Labute approximate surface area is 80.0 Å². The summed E-state index contributed by atoms with van der Waals surface area (Å²) in [6.07, 6.45) is 1.13. The lowest BCUT2D eigenvalue weighted by atomic mass is 9.85. The highest BCUT2D eigenvalue weighted by molar-refractivity contribution is 8.14. The third-order valence-corrected chi connectivity index (χ3v) is 2.86. The fourth-order valence-corrected chi connectivity index (χ4v) is 1.77. The van der Waals surface area contributed by atoms with Gasteiger partial charge < -0.3 is 4.74 Å². The molecule has 1 unspecified atom stereocenters. The Bertz CT molecular complexity index is 249. The largest absolute Gasteiger partial charge is 0.468 e. The van der Waals surface area contributed by atoms with E-state index in [9.17, 15) is 14.4 Å². The van der Waals surface area contributed by atoms with Gasteiger partial charge >= 0.3 is 5.97 Å². The lowest BCUT2D eigenvalue weighted by molar-refractivity contribution is -0.138. The van der Waals surface area contributed by atoms with Gasteiger partial charge in [0, 0.05) is 6.42 Å². The maximum absolute atomic E-state index is 11.2. The number of methoxy groups -OCH3 is 1. The molecule has 5 heteroatoms. The molecule has 0 radical (unpaired) electrons. The van der Waals surface area contributed by atoms with Gasteiger partial charge in [0.15, 0.2) is 5.12 Å². The van der Waals surface area contributed by atoms with Crippen LogP contribution in [0.15, 0.2) is 0 Å². The number of thioether (sulfide) groups is 1. The van der Waals surface area contributed by atoms with Gasteiger partial charge in [-0.05, 0) is 6.42 Å². The molecule has 1 aliphatic rings. The summed E-state index contributed by atoms with van der Waals surface area (Å²) < 4.78 is 4.36. The minimum Gasteiger partial charge on any atom is -0.468 e. The first-order valence-corrected chi connectivity index (χ1v) is 4.90. The van der Waals surface area contributed by atoms with Crippen molar-refractivity contribution in [3.05, 3.63) is 0 Å². The maximum atomic E-state index is 11.2. The summed E-state index contributed by atoms with van der Waals surface area (Å²) in [5.74, 6) is -0.916. The van der Waals surface area contributed by atoms with E-state index in [0.717, 1.165) is 11.8 Å². The van der Waals surface area contributed by atoms with E-state index in [1.54, 1.807) is 0 Å². The predicted molar refractivity (Wildman–Crippen MR) is 47.2 cm³/mol. The SMILES string of the molecule is COC(=O)CSC(=O)C1CCC1=O. The molecule has 0 aliphatic heterocycles. The molecule has 4 nitrogen and oxygen atoms in total. The van der Waals surface area contributed by atoms with Crippen LogP contribution >= 0.6 is 11.8 Å². The van der Waals surface area contributed by atoms with Crippen molar-refractivity contribution >= 4 is 28.6 Å². The number of ketones is 1. The molecule has 1 aliphatic carbocycles. The van der Waals surface area contributed by atoms with Crippen LogP contribution in [0.4, 0.5) is 0 Å². The molecule has 0 aromatic heterocycles. The van der Waals surface area contributed by atoms with Gasteiger partial charge in [-0.3, -0.25) is 14.4 Å². The van der Waals surface area contributed by atoms with Crippen LogP contribution < -0.4 is 0 Å². The Hall–Kier alpha value is -0.840. The van der Waals surface area contributed by atoms with Crippen molar-refractivity contribution in [3.63, 3.8) is 0 Å². The molecule has 0 bridgehead atoms. The zero-order chi connectivity index (χ0) is 9.84. The number of esters is 1. The van der Waals surface area contributed by atoms with Gasteiger partial charge in [-0.15, -0.1) is 0 Å². The van der Waals surface area contributed by atoms with Crippen LogP contribution in [-0.2, 0) is 19.1 Å². The quantitative estimate of drug-likeness (QED) is 0.489. The fraction of sp³-hybridized carbons (Fsp3) is 0.625. The number of Topliss-reactive ketones (excluding diaryl/α,β-unsaturated/α-hetero) is 1. The van der Waals surface area contributed by atoms with Crippen LogP contribution in [0.1, 0.15) is 12.8 Å². The summed E-state index contributed by atoms with van der Waals surface area (Å²) in [6, 6.07) is 0. The highest BCUT2D eigenvalue weighted by Crippen LogP contribution is 2.27. The molecule has 0 N–H and O–H groups in total. The Morgan fingerprint density at radius 3 is 2.69 bits per heavy atom. The van der Waals surface area contributed by atoms with Gasteiger partial charge in [-0.2, -0.15) is 0 Å². The average molecular weight is 202 g/mol. The fourth-order valence-electron chi connectivity index (χ4n) is 0.945. The number of rotatable bonds is 3. The molecule has 0 heterocycles. The molecule has 1 atom stereocenters. The Morgan fingerprint density at radius 2 is 2.31 bits per heavy atom. The lowest BCUT2D eigenvalue weighted by Crippen LogP contribution is -2.31. The second-order valence-corrected chi connectivity index (χ2v) is 3.72. The number of hydrogen-bond donors (Lipinski definition) is 0. The van der Waals surface area contributed by atoms with E-state index in [-0.39, 0.29) is 16.7 Å². The molecule has 1 saturated carbocycles. The minimum atomic E-state index is -0.463. The van der Waals surface area contributed by atoms with Crippen LogP contribution in [-0.4, -0.2) is 29.7 Å². The van der Waals surface area contributed by atoms with E-state index in [1.807, 2.05) is 0 Å². The van der Waals surface area contributed by atoms with Crippen molar-refractivity contribution in [3.8, 4) is 0 Å². The second-order valence-electron chi connectivity index (χ2n) is 2.74. The molecule has 0 saturated heterocycles. The first-order valence-electron chi connectivity index (χ1n) is 3.91. The predicted octanol–water partition coefficient (Wildman–Crippen LogP) is 0.398. The first-order chi connectivity index (χ1) is 6.15. The van der Waals surface area contributed by atoms with E-state index in [1.165, 1.54) is 7.11 Å². The second kappa shape index (κ2) is 4.41. The molecule has 0 aromatic rings. The highest BCUT2D eigenvalue weighted by atomic mass is 32.2. The van der Waals surface area contributed by atoms with Crippen molar-refractivity contribution in [2.75, 3.05) is 12.9 Å². The molecule has 0 spiro atoms. The summed E-state index contributed by atoms with van der Waals surface area (Å²) >= 11 is 0.862.